The molecule has 1 aliphatic rings. The van der Waals surface area contributed by atoms with Crippen molar-refractivity contribution in [1.82, 2.24) is 10.2 Å². The molecule has 0 aromatic rings. The number of nitrogens with one attached hydrogen (secondary N) is 1. The highest BCUT2D eigenvalue weighted by Gasteiger charge is 2.22. The molecule has 3 N–H and O–H groups in total. The lowest BCUT2D eigenvalue weighted by atomic mass is 10.2. The highest BCUT2D eigenvalue weighted by Crippen LogP contribution is 2.02. The number of carbonyl (C=O) groups excluding carboxylic acids is 1. The van der Waals surface area contributed by atoms with Crippen molar-refractivity contribution < 1.29 is 19.8 Å². The summed E-state index contributed by atoms with van der Waals surface area (Å²) in [5.41, 5.74) is 0. The van der Waals surface area contributed by atoms with Gasteiger partial charge in [-0.15, -0.1) is 0 Å². The third-order valence-electron chi connectivity index (χ3n) is 2.36. The molecule has 1 heterocycles. The fraction of sp³-hybridized carbons (Fsp3) is 0.600. The van der Waals surface area contributed by atoms with Crippen LogP contribution in [0.3, 0.4) is 0 Å². The summed E-state index contributed by atoms with van der Waals surface area (Å²) >= 11 is 0. The van der Waals surface area contributed by atoms with Crippen molar-refractivity contribution in [3.05, 3.63) is 12.2 Å². The molecule has 0 spiro atoms. The summed E-state index contributed by atoms with van der Waals surface area (Å²) in [6, 6.07) is -1.42. The average Bonchev–Trinajstić information content (AvgIpc) is 2.29. The predicted octanol–water partition coefficient (Wildman–Crippen LogP) is -0.206. The Morgan fingerprint density at radius 3 is 2.69 bits per heavy atom. The Labute approximate surface area is 93.5 Å². The van der Waals surface area contributed by atoms with Crippen molar-refractivity contribution in [3.8, 4) is 0 Å². The van der Waals surface area contributed by atoms with Crippen LogP contribution >= 0.6 is 0 Å². The summed E-state index contributed by atoms with van der Waals surface area (Å²) in [6.07, 6.45) is 4.65. The number of carboxylic acids is 1. The number of nitrogens with zero attached hydrogens (tertiary/aromatic N) is 1. The Kier molecular flexibility index (Phi) is 4.78. The van der Waals surface area contributed by atoms with Crippen LogP contribution in [0.4, 0.5) is 4.79 Å². The SMILES string of the molecule is O=C(O)C(CCO)NC(=O)N1CC=CCC1. The summed E-state index contributed by atoms with van der Waals surface area (Å²) < 4.78 is 0. The first-order chi connectivity index (χ1) is 7.65. The Hall–Kier alpha value is -1.56. The van der Waals surface area contributed by atoms with E-state index in [4.69, 9.17) is 10.2 Å². The van der Waals surface area contributed by atoms with Gasteiger partial charge < -0.3 is 20.4 Å². The zero-order valence-electron chi connectivity index (χ0n) is 8.93. The summed E-state index contributed by atoms with van der Waals surface area (Å²) in [6.45, 7) is 0.822. The molecular formula is C10H16N2O4. The zero-order chi connectivity index (χ0) is 12.0. The molecule has 1 aliphatic heterocycles. The molecule has 0 aromatic carbocycles. The second-order valence-corrected chi connectivity index (χ2v) is 3.56. The van der Waals surface area contributed by atoms with E-state index in [0.717, 1.165) is 6.42 Å². The first-order valence-electron chi connectivity index (χ1n) is 5.19. The average molecular weight is 228 g/mol. The van der Waals surface area contributed by atoms with Gasteiger partial charge in [-0.1, -0.05) is 12.2 Å². The molecule has 6 heteroatoms. The van der Waals surface area contributed by atoms with Crippen molar-refractivity contribution in [2.45, 2.75) is 18.9 Å². The maximum atomic E-state index is 11.6. The first-order valence-corrected chi connectivity index (χ1v) is 5.19. The summed E-state index contributed by atoms with van der Waals surface area (Å²) in [5, 5.41) is 19.8. The van der Waals surface area contributed by atoms with E-state index in [-0.39, 0.29) is 13.0 Å². The molecule has 1 unspecified atom stereocenters. The monoisotopic (exact) mass is 228 g/mol. The minimum absolute atomic E-state index is 0.0186. The maximum absolute atomic E-state index is 11.6. The molecule has 0 aliphatic carbocycles. The molecule has 0 fully saturated rings. The standard InChI is InChI=1S/C10H16N2O4/c13-7-4-8(9(14)15)11-10(16)12-5-2-1-3-6-12/h1-2,8,13H,3-7H2,(H,11,16)(H,14,15). The number of hydrogen-bond acceptors (Lipinski definition) is 3. The highest BCUT2D eigenvalue weighted by atomic mass is 16.4. The van der Waals surface area contributed by atoms with Gasteiger partial charge in [-0.2, -0.15) is 0 Å². The number of aliphatic carboxylic acids is 1. The van der Waals surface area contributed by atoms with Crippen molar-refractivity contribution in [2.24, 2.45) is 0 Å². The third kappa shape index (κ3) is 3.54. The lowest BCUT2D eigenvalue weighted by Gasteiger charge is -2.25. The van der Waals surface area contributed by atoms with Crippen LogP contribution in [0, 0.1) is 0 Å². The zero-order valence-corrected chi connectivity index (χ0v) is 8.93. The molecule has 2 amide bonds. The molecule has 0 radical (unpaired) electrons. The summed E-state index contributed by atoms with van der Waals surface area (Å²) in [4.78, 5) is 23.9. The van der Waals surface area contributed by atoms with Crippen LogP contribution in [-0.2, 0) is 4.79 Å². The second-order valence-electron chi connectivity index (χ2n) is 3.56. The van der Waals surface area contributed by atoms with Gasteiger partial charge in [-0.05, 0) is 6.42 Å². The van der Waals surface area contributed by atoms with E-state index in [1.165, 1.54) is 4.90 Å². The quantitative estimate of drug-likeness (QED) is 0.581. The van der Waals surface area contributed by atoms with Gasteiger partial charge in [0.15, 0.2) is 0 Å². The minimum atomic E-state index is -1.13. The molecule has 0 saturated heterocycles. The summed E-state index contributed by atoms with van der Waals surface area (Å²) in [5.74, 6) is -1.13. The van der Waals surface area contributed by atoms with E-state index in [1.807, 2.05) is 12.2 Å². The molecule has 90 valence electrons. The predicted molar refractivity (Wildman–Crippen MR) is 57.0 cm³/mol. The van der Waals surface area contributed by atoms with Crippen molar-refractivity contribution in [1.29, 1.82) is 0 Å². The Bertz CT molecular complexity index is 291. The van der Waals surface area contributed by atoms with Gasteiger partial charge in [0, 0.05) is 26.1 Å². The van der Waals surface area contributed by atoms with Gasteiger partial charge in [0.05, 0.1) is 0 Å². The molecule has 0 bridgehead atoms. The van der Waals surface area contributed by atoms with Gasteiger partial charge >= 0.3 is 12.0 Å². The van der Waals surface area contributed by atoms with Gasteiger partial charge in [0.25, 0.3) is 0 Å². The van der Waals surface area contributed by atoms with E-state index in [9.17, 15) is 9.59 Å². The van der Waals surface area contributed by atoms with Gasteiger partial charge in [0.2, 0.25) is 0 Å². The Balaban J connectivity index is 2.47. The topological polar surface area (TPSA) is 89.9 Å². The Morgan fingerprint density at radius 1 is 1.44 bits per heavy atom. The normalized spacial score (nSPS) is 16.9. The van der Waals surface area contributed by atoms with Crippen LogP contribution in [0.1, 0.15) is 12.8 Å². The minimum Gasteiger partial charge on any atom is -0.480 e. The first kappa shape index (κ1) is 12.5. The number of aliphatic hydroxyl groups excluding tert-OH is 1. The van der Waals surface area contributed by atoms with Gasteiger partial charge in [-0.25, -0.2) is 9.59 Å². The fourth-order valence-electron chi connectivity index (χ4n) is 1.45. The van der Waals surface area contributed by atoms with Crippen LogP contribution in [-0.4, -0.2) is 52.9 Å². The van der Waals surface area contributed by atoms with Crippen LogP contribution in [0.2, 0.25) is 0 Å². The van der Waals surface area contributed by atoms with Crippen LogP contribution in [0.15, 0.2) is 12.2 Å². The van der Waals surface area contributed by atoms with Crippen LogP contribution in [0.5, 0.6) is 0 Å². The van der Waals surface area contributed by atoms with E-state index in [2.05, 4.69) is 5.32 Å². The molecule has 1 atom stereocenters. The van der Waals surface area contributed by atoms with E-state index >= 15 is 0 Å². The molecule has 0 saturated carbocycles. The molecule has 16 heavy (non-hydrogen) atoms. The van der Waals surface area contributed by atoms with Crippen LogP contribution < -0.4 is 5.32 Å². The summed E-state index contributed by atoms with van der Waals surface area (Å²) in [7, 11) is 0. The second kappa shape index (κ2) is 6.12. The lowest BCUT2D eigenvalue weighted by molar-refractivity contribution is -0.139. The van der Waals surface area contributed by atoms with Crippen molar-refractivity contribution in [3.63, 3.8) is 0 Å². The molecule has 6 nitrogen and oxygen atoms in total. The Morgan fingerprint density at radius 2 is 2.19 bits per heavy atom. The number of rotatable bonds is 4. The van der Waals surface area contributed by atoms with Gasteiger partial charge in [0.1, 0.15) is 6.04 Å². The number of carbonyl (C=O) groups is 2. The van der Waals surface area contributed by atoms with Crippen molar-refractivity contribution >= 4 is 12.0 Å². The molecule has 0 aromatic heterocycles. The van der Waals surface area contributed by atoms with Gasteiger partial charge in [-0.3, -0.25) is 0 Å². The number of urea groups is 1. The highest BCUT2D eigenvalue weighted by molar-refractivity contribution is 5.82. The van der Waals surface area contributed by atoms with Crippen molar-refractivity contribution in [2.75, 3.05) is 19.7 Å². The molecule has 1 rings (SSSR count). The fourth-order valence-corrected chi connectivity index (χ4v) is 1.45. The largest absolute Gasteiger partial charge is 0.480 e. The van der Waals surface area contributed by atoms with E-state index in [1.54, 1.807) is 0 Å². The number of aliphatic hydroxyl groups is 1. The number of amides is 2. The lowest BCUT2D eigenvalue weighted by Crippen LogP contribution is -2.49. The number of hydrogen-bond donors (Lipinski definition) is 3. The third-order valence-corrected chi connectivity index (χ3v) is 2.36. The smallest absolute Gasteiger partial charge is 0.326 e. The van der Waals surface area contributed by atoms with E-state index < -0.39 is 18.0 Å². The van der Waals surface area contributed by atoms with Crippen LogP contribution in [0.25, 0.3) is 0 Å². The molecular weight excluding hydrogens is 212 g/mol. The number of carboxylic acid groups (broad SMARTS) is 1. The maximum Gasteiger partial charge on any atom is 0.326 e. The van der Waals surface area contributed by atoms with E-state index in [0.29, 0.717) is 13.1 Å².